The van der Waals surface area contributed by atoms with Crippen LogP contribution in [0.4, 0.5) is 30.2 Å². The number of aryl methyl sites for hydroxylation is 2. The van der Waals surface area contributed by atoms with Crippen molar-refractivity contribution in [2.75, 3.05) is 15.5 Å². The van der Waals surface area contributed by atoms with Gasteiger partial charge in [-0.25, -0.2) is 8.42 Å². The van der Waals surface area contributed by atoms with Crippen LogP contribution < -0.4 is 20.9 Å². The van der Waals surface area contributed by atoms with Crippen molar-refractivity contribution in [1.82, 2.24) is 5.43 Å². The molecule has 0 unspecified atom stereocenters. The third-order valence-corrected chi connectivity index (χ3v) is 6.19. The predicted octanol–water partition coefficient (Wildman–Crippen LogP) is 4.90. The maximum absolute atomic E-state index is 13.0. The van der Waals surface area contributed by atoms with Gasteiger partial charge in [0.05, 0.1) is 15.6 Å². The van der Waals surface area contributed by atoms with Gasteiger partial charge in [0.2, 0.25) is 0 Å². The topological polar surface area (TPSA) is 99.3 Å². The Morgan fingerprint density at radius 1 is 1.03 bits per heavy atom. The summed E-state index contributed by atoms with van der Waals surface area (Å²) in [5.74, 6) is -1.81. The van der Waals surface area contributed by atoms with Crippen LogP contribution in [-0.4, -0.2) is 25.5 Å². The standard InChI is InChI=1S/C21H25F3N4O3S2/c1-12(2)9-19(32)25-17-11-18(14(4)10-13(17)3)33(30,31)28-16-7-5-15(6-8-16)26-27-20(29)21(22,23)24/h5-8,10-12,26,28H,9H2,1-4H3,(H,25,32)(H,27,29). The molecule has 0 bridgehead atoms. The van der Waals surface area contributed by atoms with Crippen molar-refractivity contribution < 1.29 is 26.4 Å². The molecule has 180 valence electrons. The van der Waals surface area contributed by atoms with E-state index in [0.29, 0.717) is 28.6 Å². The van der Waals surface area contributed by atoms with Crippen molar-refractivity contribution in [2.45, 2.75) is 45.2 Å². The highest BCUT2D eigenvalue weighted by Gasteiger charge is 2.38. The zero-order chi connectivity index (χ0) is 25.0. The lowest BCUT2D eigenvalue weighted by Gasteiger charge is -2.17. The number of alkyl halides is 3. The lowest BCUT2D eigenvalue weighted by atomic mass is 10.1. The molecule has 0 aliphatic carbocycles. The fourth-order valence-corrected chi connectivity index (χ4v) is 4.62. The number of rotatable bonds is 8. The molecule has 33 heavy (non-hydrogen) atoms. The number of carbonyl (C=O) groups excluding carboxylic acids is 1. The van der Waals surface area contributed by atoms with Gasteiger partial charge in [-0.15, -0.1) is 0 Å². The zero-order valence-electron chi connectivity index (χ0n) is 18.4. The normalized spacial score (nSPS) is 11.8. The minimum atomic E-state index is -5.03. The third kappa shape index (κ3) is 7.60. The number of benzene rings is 2. The quantitative estimate of drug-likeness (QED) is 0.303. The van der Waals surface area contributed by atoms with Crippen LogP contribution in [0.15, 0.2) is 41.3 Å². The highest BCUT2D eigenvalue weighted by Crippen LogP contribution is 2.27. The van der Waals surface area contributed by atoms with Crippen LogP contribution in [0.25, 0.3) is 0 Å². The molecular weight excluding hydrogens is 477 g/mol. The van der Waals surface area contributed by atoms with Crippen molar-refractivity contribution in [3.63, 3.8) is 0 Å². The molecule has 0 saturated carbocycles. The van der Waals surface area contributed by atoms with E-state index in [2.05, 4.69) is 15.5 Å². The Kier molecular flexibility index (Phi) is 8.30. The molecule has 0 atom stereocenters. The van der Waals surface area contributed by atoms with Gasteiger partial charge in [0, 0.05) is 17.8 Å². The second-order valence-corrected chi connectivity index (χ2v) is 9.98. The van der Waals surface area contributed by atoms with Gasteiger partial charge in [0.1, 0.15) is 0 Å². The van der Waals surface area contributed by atoms with Crippen LogP contribution in [0.5, 0.6) is 0 Å². The maximum atomic E-state index is 13.0. The van der Waals surface area contributed by atoms with Crippen molar-refractivity contribution >= 4 is 50.2 Å². The number of amides is 1. The van der Waals surface area contributed by atoms with Gasteiger partial charge in [-0.1, -0.05) is 32.1 Å². The molecule has 0 aliphatic heterocycles. The van der Waals surface area contributed by atoms with Gasteiger partial charge in [-0.3, -0.25) is 20.4 Å². The van der Waals surface area contributed by atoms with Crippen LogP contribution in [0.1, 0.15) is 31.4 Å². The van der Waals surface area contributed by atoms with Gasteiger partial charge in [0.15, 0.2) is 0 Å². The van der Waals surface area contributed by atoms with E-state index < -0.39 is 22.1 Å². The molecule has 0 aromatic heterocycles. The van der Waals surface area contributed by atoms with Crippen molar-refractivity contribution in [2.24, 2.45) is 5.92 Å². The summed E-state index contributed by atoms with van der Waals surface area (Å²) in [6, 6.07) is 8.58. The van der Waals surface area contributed by atoms with E-state index >= 15 is 0 Å². The molecule has 2 aromatic carbocycles. The highest BCUT2D eigenvalue weighted by molar-refractivity contribution is 7.92. The summed E-state index contributed by atoms with van der Waals surface area (Å²) in [5, 5.41) is 3.10. The van der Waals surface area contributed by atoms with Crippen molar-refractivity contribution in [3.05, 3.63) is 47.5 Å². The SMILES string of the molecule is Cc1cc(C)c(S(=O)(=O)Nc2ccc(NNC(=O)C(F)(F)F)cc2)cc1NC(=S)CC(C)C. The number of thiocarbonyl (C=S) groups is 1. The first-order valence-corrected chi connectivity index (χ1v) is 11.8. The van der Waals surface area contributed by atoms with Gasteiger partial charge in [0.25, 0.3) is 10.0 Å². The van der Waals surface area contributed by atoms with Gasteiger partial charge < -0.3 is 5.32 Å². The molecule has 4 N–H and O–H groups in total. The van der Waals surface area contributed by atoms with Crippen LogP contribution in [-0.2, 0) is 14.8 Å². The van der Waals surface area contributed by atoms with Crippen LogP contribution in [0, 0.1) is 19.8 Å². The smallest absolute Gasteiger partial charge is 0.350 e. The van der Waals surface area contributed by atoms with E-state index in [1.165, 1.54) is 35.8 Å². The van der Waals surface area contributed by atoms with Gasteiger partial charge in [-0.05, 0) is 61.2 Å². The average Bonchev–Trinajstić information content (AvgIpc) is 2.67. The molecule has 12 heteroatoms. The summed E-state index contributed by atoms with van der Waals surface area (Å²) in [6.45, 7) is 7.58. The first-order valence-electron chi connectivity index (χ1n) is 9.86. The summed E-state index contributed by atoms with van der Waals surface area (Å²) in [5.41, 5.74) is 5.90. The minimum Gasteiger partial charge on any atom is -0.350 e. The van der Waals surface area contributed by atoms with Crippen LogP contribution in [0.3, 0.4) is 0 Å². The van der Waals surface area contributed by atoms with Crippen molar-refractivity contribution in [1.29, 1.82) is 0 Å². The highest BCUT2D eigenvalue weighted by atomic mass is 32.2. The molecule has 0 fully saturated rings. The van der Waals surface area contributed by atoms with E-state index in [1.54, 1.807) is 13.0 Å². The van der Waals surface area contributed by atoms with Crippen LogP contribution >= 0.6 is 12.2 Å². The van der Waals surface area contributed by atoms with Gasteiger partial charge in [-0.2, -0.15) is 13.2 Å². The molecule has 1 amide bonds. The Morgan fingerprint density at radius 3 is 2.15 bits per heavy atom. The third-order valence-electron chi connectivity index (χ3n) is 4.39. The Morgan fingerprint density at radius 2 is 1.61 bits per heavy atom. The number of sulfonamides is 1. The van der Waals surface area contributed by atoms with E-state index in [9.17, 15) is 26.4 Å². The van der Waals surface area contributed by atoms with E-state index in [-0.39, 0.29) is 16.3 Å². The Balaban J connectivity index is 2.17. The predicted molar refractivity (Wildman–Crippen MR) is 127 cm³/mol. The zero-order valence-corrected chi connectivity index (χ0v) is 20.1. The molecule has 0 saturated heterocycles. The Bertz CT molecular complexity index is 1130. The number of carbonyl (C=O) groups is 1. The molecule has 0 aliphatic rings. The number of hydrogen-bond acceptors (Lipinski definition) is 5. The van der Waals surface area contributed by atoms with E-state index in [1.807, 2.05) is 20.8 Å². The lowest BCUT2D eigenvalue weighted by molar-refractivity contribution is -0.173. The summed E-state index contributed by atoms with van der Waals surface area (Å²) in [6.07, 6.45) is -4.37. The molecule has 7 nitrogen and oxygen atoms in total. The molecule has 2 aromatic rings. The second-order valence-electron chi connectivity index (χ2n) is 7.84. The summed E-state index contributed by atoms with van der Waals surface area (Å²) in [7, 11) is -3.97. The summed E-state index contributed by atoms with van der Waals surface area (Å²) >= 11 is 5.35. The summed E-state index contributed by atoms with van der Waals surface area (Å²) < 4.78 is 65.1. The Hall–Kier alpha value is -2.86. The van der Waals surface area contributed by atoms with E-state index in [0.717, 1.165) is 5.56 Å². The summed E-state index contributed by atoms with van der Waals surface area (Å²) in [4.78, 5) is 11.5. The first-order chi connectivity index (χ1) is 15.2. The number of halogens is 3. The molecule has 0 spiro atoms. The number of anilines is 3. The van der Waals surface area contributed by atoms with E-state index in [4.69, 9.17) is 12.2 Å². The molecular formula is C21H25F3N4O3S2. The monoisotopic (exact) mass is 502 g/mol. The fourth-order valence-electron chi connectivity index (χ4n) is 2.86. The minimum absolute atomic E-state index is 0.0580. The van der Waals surface area contributed by atoms with Crippen molar-refractivity contribution in [3.8, 4) is 0 Å². The van der Waals surface area contributed by atoms with Gasteiger partial charge >= 0.3 is 12.1 Å². The largest absolute Gasteiger partial charge is 0.472 e. The molecule has 0 radical (unpaired) electrons. The fraction of sp³-hybridized carbons (Fsp3) is 0.333. The molecule has 0 heterocycles. The lowest BCUT2D eigenvalue weighted by Crippen LogP contribution is -2.40. The number of nitrogens with one attached hydrogen (secondary N) is 4. The first kappa shape index (κ1) is 26.4. The second kappa shape index (κ2) is 10.4. The van der Waals surface area contributed by atoms with Crippen LogP contribution in [0.2, 0.25) is 0 Å². The number of hydrogen-bond donors (Lipinski definition) is 4. The molecule has 2 rings (SSSR count). The number of hydrazine groups is 1. The Labute approximate surface area is 196 Å². The maximum Gasteiger partial charge on any atom is 0.472 e. The average molecular weight is 503 g/mol.